The topological polar surface area (TPSA) is 55.1 Å². The lowest BCUT2D eigenvalue weighted by Gasteiger charge is -2.11. The summed E-state index contributed by atoms with van der Waals surface area (Å²) in [6.45, 7) is 2.00. The van der Waals surface area contributed by atoms with Gasteiger partial charge < -0.3 is 11.1 Å². The molecule has 1 rings (SSSR count). The molecule has 0 aliphatic rings. The molecule has 0 saturated carbocycles. The van der Waals surface area contributed by atoms with Gasteiger partial charge in [0.25, 0.3) is 0 Å². The first-order chi connectivity index (χ1) is 8.34. The van der Waals surface area contributed by atoms with Gasteiger partial charge in [0.1, 0.15) is 0 Å². The highest BCUT2D eigenvalue weighted by atomic mass is 32.2. The van der Waals surface area contributed by atoms with Gasteiger partial charge in [-0.2, -0.15) is 13.2 Å². The molecule has 1 amide bonds. The summed E-state index contributed by atoms with van der Waals surface area (Å²) in [5.74, 6) is -1.18. The summed E-state index contributed by atoms with van der Waals surface area (Å²) in [6, 6.07) is 4.63. The Labute approximate surface area is 107 Å². The largest absolute Gasteiger partial charge is 0.471 e. The number of rotatable bonds is 4. The maximum absolute atomic E-state index is 12.1. The fourth-order valence-electron chi connectivity index (χ4n) is 1.15. The lowest BCUT2D eigenvalue weighted by Crippen LogP contribution is -2.30. The minimum Gasteiger partial charge on any atom is -0.397 e. The van der Waals surface area contributed by atoms with E-state index >= 15 is 0 Å². The fourth-order valence-corrected chi connectivity index (χ4v) is 1.95. The van der Waals surface area contributed by atoms with Crippen LogP contribution in [0, 0.1) is 0 Å². The Morgan fingerprint density at radius 3 is 2.67 bits per heavy atom. The molecule has 0 atom stereocenters. The molecule has 0 fully saturated rings. The molecule has 0 aliphatic heterocycles. The maximum atomic E-state index is 12.1. The molecule has 1 aromatic rings. The van der Waals surface area contributed by atoms with Crippen molar-refractivity contribution in [3.63, 3.8) is 0 Å². The number of thioether (sulfide) groups is 1. The number of carbonyl (C=O) groups excluding carboxylic acids is 1. The first-order valence-corrected chi connectivity index (χ1v) is 6.23. The molecule has 0 bridgehead atoms. The van der Waals surface area contributed by atoms with E-state index in [1.54, 1.807) is 11.4 Å². The first kappa shape index (κ1) is 14.7. The Morgan fingerprint density at radius 1 is 1.44 bits per heavy atom. The zero-order valence-corrected chi connectivity index (χ0v) is 10.5. The summed E-state index contributed by atoms with van der Waals surface area (Å²) < 4.78 is 36.3. The minimum atomic E-state index is -4.92. The van der Waals surface area contributed by atoms with Crippen molar-refractivity contribution >= 4 is 29.0 Å². The molecule has 0 aromatic heterocycles. The summed E-state index contributed by atoms with van der Waals surface area (Å²) in [7, 11) is 0. The second kappa shape index (κ2) is 5.99. The average molecular weight is 278 g/mol. The number of halogens is 3. The Bertz CT molecular complexity index is 435. The molecule has 0 aliphatic carbocycles. The summed E-state index contributed by atoms with van der Waals surface area (Å²) in [6.07, 6.45) is -3.97. The van der Waals surface area contributed by atoms with Crippen LogP contribution in [0.1, 0.15) is 13.3 Å². The molecule has 100 valence electrons. The molecule has 0 unspecified atom stereocenters. The zero-order chi connectivity index (χ0) is 13.8. The van der Waals surface area contributed by atoms with E-state index in [0.717, 1.165) is 17.1 Å². The number of hydrogen-bond donors (Lipinski definition) is 2. The quantitative estimate of drug-likeness (QED) is 0.656. The van der Waals surface area contributed by atoms with Crippen LogP contribution in [-0.4, -0.2) is 17.8 Å². The number of hydrogen-bond acceptors (Lipinski definition) is 3. The third-order valence-corrected chi connectivity index (χ3v) is 3.20. The first-order valence-electron chi connectivity index (χ1n) is 5.25. The predicted molar refractivity (Wildman–Crippen MR) is 66.6 cm³/mol. The summed E-state index contributed by atoms with van der Waals surface area (Å²) in [5.41, 5.74) is 5.61. The van der Waals surface area contributed by atoms with Gasteiger partial charge in [0.15, 0.2) is 0 Å². The van der Waals surface area contributed by atoms with Crippen LogP contribution in [0.5, 0.6) is 0 Å². The maximum Gasteiger partial charge on any atom is 0.471 e. The standard InChI is InChI=1S/C11H13F3N2OS/c1-2-5-18-7-3-4-8(15)9(6-7)16-10(17)11(12,13)14/h3-4,6H,2,5,15H2,1H3,(H,16,17). The molecule has 3 nitrogen and oxygen atoms in total. The predicted octanol–water partition coefficient (Wildman–Crippen LogP) is 3.27. The van der Waals surface area contributed by atoms with E-state index < -0.39 is 12.1 Å². The van der Waals surface area contributed by atoms with Gasteiger partial charge in [-0.25, -0.2) is 0 Å². The summed E-state index contributed by atoms with van der Waals surface area (Å²) in [4.78, 5) is 11.6. The van der Waals surface area contributed by atoms with Crippen LogP contribution in [0.2, 0.25) is 0 Å². The third-order valence-electron chi connectivity index (χ3n) is 2.00. The Kier molecular flexibility index (Phi) is 4.89. The number of alkyl halides is 3. The summed E-state index contributed by atoms with van der Waals surface area (Å²) in [5, 5.41) is 1.76. The minimum absolute atomic E-state index is 0.0153. The van der Waals surface area contributed by atoms with Crippen LogP contribution in [0.4, 0.5) is 24.5 Å². The van der Waals surface area contributed by atoms with E-state index in [9.17, 15) is 18.0 Å². The third kappa shape index (κ3) is 4.14. The number of amides is 1. The Balaban J connectivity index is 2.84. The van der Waals surface area contributed by atoms with Gasteiger partial charge in [-0.1, -0.05) is 6.92 Å². The highest BCUT2D eigenvalue weighted by molar-refractivity contribution is 7.99. The summed E-state index contributed by atoms with van der Waals surface area (Å²) >= 11 is 1.49. The Morgan fingerprint density at radius 2 is 2.11 bits per heavy atom. The molecule has 18 heavy (non-hydrogen) atoms. The Hall–Kier alpha value is -1.37. The van der Waals surface area contributed by atoms with Gasteiger partial charge in [-0.15, -0.1) is 11.8 Å². The van der Waals surface area contributed by atoms with Crippen molar-refractivity contribution in [1.29, 1.82) is 0 Å². The van der Waals surface area contributed by atoms with E-state index in [1.807, 2.05) is 6.92 Å². The van der Waals surface area contributed by atoms with Crippen LogP contribution in [0.15, 0.2) is 23.1 Å². The van der Waals surface area contributed by atoms with E-state index in [0.29, 0.717) is 0 Å². The molecule has 0 heterocycles. The van der Waals surface area contributed by atoms with Crippen molar-refractivity contribution in [2.24, 2.45) is 0 Å². The monoisotopic (exact) mass is 278 g/mol. The van der Waals surface area contributed by atoms with Gasteiger partial charge in [-0.05, 0) is 30.4 Å². The number of nitrogen functional groups attached to an aromatic ring is 1. The van der Waals surface area contributed by atoms with Gasteiger partial charge in [0, 0.05) is 4.90 Å². The second-order valence-corrected chi connectivity index (χ2v) is 4.72. The number of benzene rings is 1. The second-order valence-electron chi connectivity index (χ2n) is 3.55. The van der Waals surface area contributed by atoms with Crippen LogP contribution >= 0.6 is 11.8 Å². The van der Waals surface area contributed by atoms with Gasteiger partial charge in [0.05, 0.1) is 11.4 Å². The van der Waals surface area contributed by atoms with E-state index in [2.05, 4.69) is 0 Å². The van der Waals surface area contributed by atoms with Gasteiger partial charge >= 0.3 is 12.1 Å². The molecule has 7 heteroatoms. The smallest absolute Gasteiger partial charge is 0.397 e. The highest BCUT2D eigenvalue weighted by Crippen LogP contribution is 2.28. The number of anilines is 2. The van der Waals surface area contributed by atoms with Crippen molar-refractivity contribution in [2.75, 3.05) is 16.8 Å². The molecule has 0 radical (unpaired) electrons. The van der Waals surface area contributed by atoms with E-state index in [4.69, 9.17) is 5.73 Å². The van der Waals surface area contributed by atoms with Gasteiger partial charge in [-0.3, -0.25) is 4.79 Å². The molecule has 0 spiro atoms. The highest BCUT2D eigenvalue weighted by Gasteiger charge is 2.38. The van der Waals surface area contributed by atoms with Crippen LogP contribution < -0.4 is 11.1 Å². The van der Waals surface area contributed by atoms with Crippen molar-refractivity contribution in [3.8, 4) is 0 Å². The number of nitrogens with two attached hydrogens (primary N) is 1. The average Bonchev–Trinajstić information content (AvgIpc) is 2.28. The van der Waals surface area contributed by atoms with E-state index in [-0.39, 0.29) is 11.4 Å². The van der Waals surface area contributed by atoms with Crippen molar-refractivity contribution < 1.29 is 18.0 Å². The molecular weight excluding hydrogens is 265 g/mol. The normalized spacial score (nSPS) is 11.3. The zero-order valence-electron chi connectivity index (χ0n) is 9.67. The molecule has 1 aromatic carbocycles. The molecule has 0 saturated heterocycles. The van der Waals surface area contributed by atoms with Gasteiger partial charge in [0.2, 0.25) is 0 Å². The lowest BCUT2D eigenvalue weighted by atomic mass is 10.2. The fraction of sp³-hybridized carbons (Fsp3) is 0.364. The SMILES string of the molecule is CCCSc1ccc(N)c(NC(=O)C(F)(F)F)c1. The van der Waals surface area contributed by atoms with E-state index in [1.165, 1.54) is 23.9 Å². The van der Waals surface area contributed by atoms with Crippen molar-refractivity contribution in [1.82, 2.24) is 0 Å². The number of carbonyl (C=O) groups is 1. The van der Waals surface area contributed by atoms with Crippen molar-refractivity contribution in [3.05, 3.63) is 18.2 Å². The lowest BCUT2D eigenvalue weighted by molar-refractivity contribution is -0.167. The molecule has 3 N–H and O–H groups in total. The molecular formula is C11H13F3N2OS. The van der Waals surface area contributed by atoms with Crippen LogP contribution in [0.3, 0.4) is 0 Å². The number of nitrogens with one attached hydrogen (secondary N) is 1. The van der Waals surface area contributed by atoms with Crippen molar-refractivity contribution in [2.45, 2.75) is 24.4 Å². The van der Waals surface area contributed by atoms with Crippen LogP contribution in [0.25, 0.3) is 0 Å². The van der Waals surface area contributed by atoms with Crippen LogP contribution in [-0.2, 0) is 4.79 Å².